The lowest BCUT2D eigenvalue weighted by atomic mass is 10.2. The summed E-state index contributed by atoms with van der Waals surface area (Å²) in [7, 11) is 0. The second-order valence-electron chi connectivity index (χ2n) is 3.07. The first-order valence-electron chi connectivity index (χ1n) is 4.39. The average molecular weight is 236 g/mol. The molecule has 5 heteroatoms. The molecular weight excluding hydrogens is 230 g/mol. The number of hydrogen-bond donors (Lipinski definition) is 0. The molecule has 0 saturated carbocycles. The largest absolute Gasteiger partial charge is 0.244 e. The second-order valence-corrected chi connectivity index (χ2v) is 4.47. The normalized spacial score (nSPS) is 11.0. The van der Waals surface area contributed by atoms with Crippen molar-refractivity contribution in [1.82, 2.24) is 13.8 Å². The number of imidazole rings is 1. The maximum atomic E-state index is 5.82. The van der Waals surface area contributed by atoms with Gasteiger partial charge in [0.2, 0.25) is 5.78 Å². The van der Waals surface area contributed by atoms with Gasteiger partial charge < -0.3 is 0 Å². The molecule has 0 saturated heterocycles. The minimum absolute atomic E-state index is 0.736. The average Bonchev–Trinajstić information content (AvgIpc) is 2.78. The molecule has 0 aliphatic rings. The maximum absolute atomic E-state index is 5.82. The Morgan fingerprint density at radius 2 is 2.00 bits per heavy atom. The molecule has 0 aliphatic carbocycles. The lowest BCUT2D eigenvalue weighted by Crippen LogP contribution is -1.75. The first-order chi connectivity index (χ1) is 7.33. The molecule has 0 N–H and O–H groups in total. The molecule has 0 unspecified atom stereocenters. The van der Waals surface area contributed by atoms with E-state index >= 15 is 0 Å². The molecule has 0 aliphatic heterocycles. The predicted molar refractivity (Wildman–Crippen MR) is 61.3 cm³/mol. The lowest BCUT2D eigenvalue weighted by molar-refractivity contribution is 1.27. The zero-order valence-electron chi connectivity index (χ0n) is 7.59. The van der Waals surface area contributed by atoms with E-state index in [0.29, 0.717) is 0 Å². The van der Waals surface area contributed by atoms with Crippen LogP contribution in [-0.4, -0.2) is 13.8 Å². The summed E-state index contributed by atoms with van der Waals surface area (Å²) >= 11 is 7.39. The molecular formula is C10H6ClN3S. The fourth-order valence-electron chi connectivity index (χ4n) is 1.35. The molecule has 0 bridgehead atoms. The van der Waals surface area contributed by atoms with E-state index in [-0.39, 0.29) is 0 Å². The van der Waals surface area contributed by atoms with Crippen molar-refractivity contribution >= 4 is 28.9 Å². The van der Waals surface area contributed by atoms with Crippen LogP contribution in [0.1, 0.15) is 0 Å². The van der Waals surface area contributed by atoms with Gasteiger partial charge in [-0.2, -0.15) is 4.98 Å². The molecule has 3 aromatic rings. The van der Waals surface area contributed by atoms with Crippen molar-refractivity contribution in [3.8, 4) is 10.6 Å². The van der Waals surface area contributed by atoms with Crippen LogP contribution < -0.4 is 0 Å². The van der Waals surface area contributed by atoms with Crippen LogP contribution in [0.15, 0.2) is 36.7 Å². The van der Waals surface area contributed by atoms with Crippen LogP contribution in [-0.2, 0) is 0 Å². The second kappa shape index (κ2) is 3.32. The van der Waals surface area contributed by atoms with Crippen LogP contribution in [0.2, 0.25) is 5.02 Å². The van der Waals surface area contributed by atoms with Gasteiger partial charge in [0.25, 0.3) is 0 Å². The quantitative estimate of drug-likeness (QED) is 0.649. The molecule has 15 heavy (non-hydrogen) atoms. The highest BCUT2D eigenvalue weighted by atomic mass is 35.5. The number of nitrogens with zero attached hydrogens (tertiary/aromatic N) is 3. The number of aromatic nitrogens is 3. The van der Waals surface area contributed by atoms with Crippen molar-refractivity contribution in [2.45, 2.75) is 0 Å². The summed E-state index contributed by atoms with van der Waals surface area (Å²) in [6.07, 6.45) is 3.64. The Bertz CT molecular complexity index is 568. The standard InChI is InChI=1S/C10H6ClN3S/c11-8-3-1-7(2-4-8)9-13-10-12-5-6-14(10)15-9/h1-6H. The number of hydrogen-bond acceptors (Lipinski definition) is 3. The Morgan fingerprint density at radius 1 is 1.20 bits per heavy atom. The van der Waals surface area contributed by atoms with Crippen LogP contribution in [0.3, 0.4) is 0 Å². The van der Waals surface area contributed by atoms with Crippen molar-refractivity contribution in [2.75, 3.05) is 0 Å². The van der Waals surface area contributed by atoms with Gasteiger partial charge in [-0.1, -0.05) is 23.7 Å². The van der Waals surface area contributed by atoms with Crippen LogP contribution in [0.5, 0.6) is 0 Å². The molecule has 2 heterocycles. The van der Waals surface area contributed by atoms with Gasteiger partial charge >= 0.3 is 0 Å². The van der Waals surface area contributed by atoms with Gasteiger partial charge in [0.1, 0.15) is 5.01 Å². The minimum Gasteiger partial charge on any atom is -0.237 e. The monoisotopic (exact) mass is 235 g/mol. The highest BCUT2D eigenvalue weighted by molar-refractivity contribution is 7.10. The van der Waals surface area contributed by atoms with Gasteiger partial charge in [0, 0.05) is 23.0 Å². The minimum atomic E-state index is 0.736. The van der Waals surface area contributed by atoms with Gasteiger partial charge in [-0.25, -0.2) is 8.77 Å². The Labute approximate surface area is 95.1 Å². The van der Waals surface area contributed by atoms with Crippen LogP contribution in [0.25, 0.3) is 16.3 Å². The Balaban J connectivity index is 2.13. The summed E-state index contributed by atoms with van der Waals surface area (Å²) in [6, 6.07) is 7.64. The smallest absolute Gasteiger partial charge is 0.237 e. The third kappa shape index (κ3) is 1.52. The number of halogens is 1. The lowest BCUT2D eigenvalue weighted by Gasteiger charge is -1.94. The van der Waals surface area contributed by atoms with E-state index in [1.807, 2.05) is 34.3 Å². The molecule has 3 rings (SSSR count). The van der Waals surface area contributed by atoms with E-state index in [1.54, 1.807) is 17.7 Å². The van der Waals surface area contributed by atoms with Crippen LogP contribution in [0, 0.1) is 0 Å². The summed E-state index contributed by atoms with van der Waals surface area (Å²) < 4.78 is 1.93. The molecule has 0 radical (unpaired) electrons. The fourth-order valence-corrected chi connectivity index (χ4v) is 2.31. The van der Waals surface area contributed by atoms with E-state index in [4.69, 9.17) is 11.6 Å². The summed E-state index contributed by atoms with van der Waals surface area (Å²) in [5.41, 5.74) is 1.06. The molecule has 0 atom stereocenters. The third-order valence-corrected chi connectivity index (χ3v) is 3.30. The van der Waals surface area contributed by atoms with Crippen LogP contribution in [0.4, 0.5) is 0 Å². The third-order valence-electron chi connectivity index (χ3n) is 2.07. The number of benzene rings is 1. The first kappa shape index (κ1) is 8.88. The van der Waals surface area contributed by atoms with E-state index in [9.17, 15) is 0 Å². The van der Waals surface area contributed by atoms with Crippen molar-refractivity contribution in [2.24, 2.45) is 0 Å². The van der Waals surface area contributed by atoms with Crippen molar-refractivity contribution in [1.29, 1.82) is 0 Å². The van der Waals surface area contributed by atoms with E-state index in [0.717, 1.165) is 21.4 Å². The van der Waals surface area contributed by atoms with Gasteiger partial charge in [-0.05, 0) is 23.7 Å². The fraction of sp³-hybridized carbons (Fsp3) is 0. The maximum Gasteiger partial charge on any atom is 0.244 e. The number of rotatable bonds is 1. The zero-order chi connectivity index (χ0) is 10.3. The van der Waals surface area contributed by atoms with Crippen LogP contribution >= 0.6 is 23.1 Å². The number of fused-ring (bicyclic) bond motifs is 1. The Morgan fingerprint density at radius 3 is 2.73 bits per heavy atom. The molecule has 1 aromatic carbocycles. The highest BCUT2D eigenvalue weighted by Crippen LogP contribution is 2.24. The van der Waals surface area contributed by atoms with E-state index in [1.165, 1.54) is 0 Å². The highest BCUT2D eigenvalue weighted by Gasteiger charge is 2.05. The van der Waals surface area contributed by atoms with E-state index < -0.39 is 0 Å². The van der Waals surface area contributed by atoms with E-state index in [2.05, 4.69) is 9.97 Å². The first-order valence-corrected chi connectivity index (χ1v) is 5.54. The zero-order valence-corrected chi connectivity index (χ0v) is 9.16. The molecule has 0 spiro atoms. The molecule has 0 amide bonds. The van der Waals surface area contributed by atoms with Crippen molar-refractivity contribution < 1.29 is 0 Å². The summed E-state index contributed by atoms with van der Waals surface area (Å²) in [4.78, 5) is 8.52. The van der Waals surface area contributed by atoms with Crippen molar-refractivity contribution in [3.05, 3.63) is 41.7 Å². The summed E-state index contributed by atoms with van der Waals surface area (Å²) in [6.45, 7) is 0. The summed E-state index contributed by atoms with van der Waals surface area (Å²) in [5.74, 6) is 0.741. The molecule has 3 nitrogen and oxygen atoms in total. The molecule has 74 valence electrons. The van der Waals surface area contributed by atoms with Gasteiger partial charge in [0.15, 0.2) is 0 Å². The topological polar surface area (TPSA) is 30.2 Å². The van der Waals surface area contributed by atoms with Gasteiger partial charge in [-0.15, -0.1) is 0 Å². The molecule has 2 aromatic heterocycles. The Kier molecular flexibility index (Phi) is 1.97. The Hall–Kier alpha value is -1.39. The van der Waals surface area contributed by atoms with Gasteiger partial charge in [-0.3, -0.25) is 0 Å². The SMILES string of the molecule is Clc1ccc(-c2nc3nccn3s2)cc1. The molecule has 0 fully saturated rings. The van der Waals surface area contributed by atoms with Gasteiger partial charge in [0.05, 0.1) is 0 Å². The predicted octanol–water partition coefficient (Wildman–Crippen LogP) is 3.11. The summed E-state index contributed by atoms with van der Waals surface area (Å²) in [5, 5.41) is 1.69. The van der Waals surface area contributed by atoms with Crippen molar-refractivity contribution in [3.63, 3.8) is 0 Å².